The SMILES string of the molecule is CC1Cc2n[nH]c(=O)c3cc(F)cc(c23)N1.Fc1cccc(F)c1. The van der Waals surface area contributed by atoms with Gasteiger partial charge in [-0.3, -0.25) is 4.79 Å². The second-order valence-corrected chi connectivity index (χ2v) is 5.56. The van der Waals surface area contributed by atoms with Gasteiger partial charge in [-0.2, -0.15) is 5.10 Å². The average Bonchev–Trinajstić information content (AvgIpc) is 2.50. The van der Waals surface area contributed by atoms with E-state index in [1.807, 2.05) is 6.92 Å². The third kappa shape index (κ3) is 3.24. The summed E-state index contributed by atoms with van der Waals surface area (Å²) in [7, 11) is 0. The Labute approximate surface area is 135 Å². The summed E-state index contributed by atoms with van der Waals surface area (Å²) in [4.78, 5) is 11.5. The number of aromatic nitrogens is 2. The zero-order valence-corrected chi connectivity index (χ0v) is 12.7. The largest absolute Gasteiger partial charge is 0.382 e. The molecule has 0 radical (unpaired) electrons. The molecule has 1 unspecified atom stereocenters. The van der Waals surface area contributed by atoms with Crippen LogP contribution >= 0.6 is 0 Å². The van der Waals surface area contributed by atoms with Crippen LogP contribution in [0.15, 0.2) is 41.2 Å². The van der Waals surface area contributed by atoms with E-state index in [2.05, 4.69) is 15.5 Å². The van der Waals surface area contributed by atoms with Crippen molar-refractivity contribution >= 4 is 16.5 Å². The van der Waals surface area contributed by atoms with E-state index in [1.165, 1.54) is 30.3 Å². The van der Waals surface area contributed by atoms with Crippen LogP contribution in [0.1, 0.15) is 12.6 Å². The Balaban J connectivity index is 0.000000179. The molecular formula is C17H14F3N3O. The fraction of sp³-hybridized carbons (Fsp3) is 0.176. The van der Waals surface area contributed by atoms with Crippen molar-refractivity contribution in [2.24, 2.45) is 0 Å². The van der Waals surface area contributed by atoms with Crippen molar-refractivity contribution in [1.82, 2.24) is 10.2 Å². The van der Waals surface area contributed by atoms with E-state index in [9.17, 15) is 18.0 Å². The Hall–Kier alpha value is -2.83. The molecule has 124 valence electrons. The molecule has 1 aliphatic rings. The topological polar surface area (TPSA) is 57.8 Å². The van der Waals surface area contributed by atoms with Crippen LogP contribution in [0.2, 0.25) is 0 Å². The van der Waals surface area contributed by atoms with Gasteiger partial charge >= 0.3 is 0 Å². The van der Waals surface area contributed by atoms with E-state index >= 15 is 0 Å². The number of nitrogens with one attached hydrogen (secondary N) is 2. The molecule has 0 bridgehead atoms. The molecule has 0 saturated heterocycles. The van der Waals surface area contributed by atoms with Gasteiger partial charge in [0.25, 0.3) is 5.56 Å². The lowest BCUT2D eigenvalue weighted by Crippen LogP contribution is -2.26. The monoisotopic (exact) mass is 333 g/mol. The maximum atomic E-state index is 13.3. The highest BCUT2D eigenvalue weighted by atomic mass is 19.1. The number of nitrogens with zero attached hydrogens (tertiary/aromatic N) is 1. The summed E-state index contributed by atoms with van der Waals surface area (Å²) in [5.41, 5.74) is 1.12. The van der Waals surface area contributed by atoms with Crippen LogP contribution in [-0.2, 0) is 6.42 Å². The average molecular weight is 333 g/mol. The van der Waals surface area contributed by atoms with Gasteiger partial charge in [0.2, 0.25) is 0 Å². The van der Waals surface area contributed by atoms with Crippen LogP contribution in [0, 0.1) is 17.5 Å². The van der Waals surface area contributed by atoms with Crippen LogP contribution in [0.3, 0.4) is 0 Å². The lowest BCUT2D eigenvalue weighted by Gasteiger charge is -2.23. The minimum Gasteiger partial charge on any atom is -0.382 e. The summed E-state index contributed by atoms with van der Waals surface area (Å²) in [6.45, 7) is 1.99. The van der Waals surface area contributed by atoms with Gasteiger partial charge in [0, 0.05) is 29.6 Å². The Bertz CT molecular complexity index is 938. The normalized spacial score (nSPS) is 15.4. The van der Waals surface area contributed by atoms with Crippen molar-refractivity contribution in [3.8, 4) is 0 Å². The first kappa shape index (κ1) is 16.0. The zero-order valence-electron chi connectivity index (χ0n) is 12.7. The number of benzene rings is 2. The van der Waals surface area contributed by atoms with Crippen LogP contribution < -0.4 is 10.9 Å². The maximum Gasteiger partial charge on any atom is 0.272 e. The molecule has 2 aromatic carbocycles. The molecule has 1 aromatic heterocycles. The summed E-state index contributed by atoms with van der Waals surface area (Å²) in [6, 6.07) is 7.40. The second kappa shape index (κ2) is 6.35. The second-order valence-electron chi connectivity index (χ2n) is 5.56. The lowest BCUT2D eigenvalue weighted by atomic mass is 9.99. The molecule has 4 rings (SSSR count). The lowest BCUT2D eigenvalue weighted by molar-refractivity contribution is 0.583. The molecule has 0 saturated carbocycles. The smallest absolute Gasteiger partial charge is 0.272 e. The van der Waals surface area contributed by atoms with Gasteiger partial charge in [0.15, 0.2) is 0 Å². The summed E-state index contributed by atoms with van der Waals surface area (Å²) in [5.74, 6) is -1.48. The zero-order chi connectivity index (χ0) is 17.3. The predicted octanol–water partition coefficient (Wildman–Crippen LogP) is 3.38. The highest BCUT2D eigenvalue weighted by Crippen LogP contribution is 2.30. The van der Waals surface area contributed by atoms with Crippen LogP contribution in [0.25, 0.3) is 10.8 Å². The van der Waals surface area contributed by atoms with Gasteiger partial charge in [-0.25, -0.2) is 18.3 Å². The Morgan fingerprint density at radius 1 is 1.08 bits per heavy atom. The quantitative estimate of drug-likeness (QED) is 0.663. The number of H-pyrrole nitrogens is 1. The summed E-state index contributed by atoms with van der Waals surface area (Å²) >= 11 is 0. The Morgan fingerprint density at radius 2 is 1.79 bits per heavy atom. The van der Waals surface area contributed by atoms with E-state index in [0.717, 1.165) is 23.6 Å². The van der Waals surface area contributed by atoms with Crippen molar-refractivity contribution < 1.29 is 13.2 Å². The number of anilines is 1. The first-order chi connectivity index (χ1) is 11.4. The third-order valence-electron chi connectivity index (χ3n) is 3.62. The minimum atomic E-state index is -0.537. The van der Waals surface area contributed by atoms with Crippen LogP contribution in [0.4, 0.5) is 18.9 Å². The molecule has 1 atom stereocenters. The molecule has 7 heteroatoms. The fourth-order valence-corrected chi connectivity index (χ4v) is 2.66. The first-order valence-electron chi connectivity index (χ1n) is 7.32. The Kier molecular flexibility index (Phi) is 4.24. The molecule has 2 N–H and O–H groups in total. The molecule has 0 spiro atoms. The van der Waals surface area contributed by atoms with Crippen LogP contribution in [-0.4, -0.2) is 16.2 Å². The fourth-order valence-electron chi connectivity index (χ4n) is 2.66. The van der Waals surface area contributed by atoms with E-state index in [0.29, 0.717) is 11.1 Å². The standard InChI is InChI=1S/C11H10FN3O.C6H4F2/c1-5-2-9-10-7(11(16)15-14-9)3-6(12)4-8(10)13-5;7-5-2-1-3-6(8)4-5/h3-5,13H,2H2,1H3,(H,15,16);1-4H. The highest BCUT2D eigenvalue weighted by molar-refractivity contribution is 5.96. The van der Waals surface area contributed by atoms with E-state index in [4.69, 9.17) is 0 Å². The number of aromatic amines is 1. The van der Waals surface area contributed by atoms with Gasteiger partial charge in [0.05, 0.1) is 11.1 Å². The number of hydrogen-bond acceptors (Lipinski definition) is 3. The van der Waals surface area contributed by atoms with Crippen molar-refractivity contribution in [3.05, 3.63) is 69.9 Å². The third-order valence-corrected chi connectivity index (χ3v) is 3.62. The molecule has 0 fully saturated rings. The van der Waals surface area contributed by atoms with Gasteiger partial charge in [-0.15, -0.1) is 0 Å². The van der Waals surface area contributed by atoms with E-state index in [-0.39, 0.29) is 11.6 Å². The molecule has 3 aromatic rings. The molecule has 0 aliphatic carbocycles. The molecule has 24 heavy (non-hydrogen) atoms. The molecule has 4 nitrogen and oxygen atoms in total. The Morgan fingerprint density at radius 3 is 2.42 bits per heavy atom. The summed E-state index contributed by atoms with van der Waals surface area (Å²) in [6.07, 6.45) is 0.728. The van der Waals surface area contributed by atoms with Crippen LogP contribution in [0.5, 0.6) is 0 Å². The van der Waals surface area contributed by atoms with Gasteiger partial charge in [0.1, 0.15) is 17.5 Å². The highest BCUT2D eigenvalue weighted by Gasteiger charge is 2.20. The van der Waals surface area contributed by atoms with Crippen molar-refractivity contribution in [3.63, 3.8) is 0 Å². The molecule has 1 aliphatic heterocycles. The van der Waals surface area contributed by atoms with Gasteiger partial charge in [-0.1, -0.05) is 6.07 Å². The predicted molar refractivity (Wildman–Crippen MR) is 85.5 cm³/mol. The minimum absolute atomic E-state index is 0.191. The van der Waals surface area contributed by atoms with Gasteiger partial charge in [-0.05, 0) is 31.2 Å². The number of hydrogen-bond donors (Lipinski definition) is 2. The van der Waals surface area contributed by atoms with E-state index in [1.54, 1.807) is 0 Å². The summed E-state index contributed by atoms with van der Waals surface area (Å²) in [5, 5.41) is 10.7. The van der Waals surface area contributed by atoms with Crippen molar-refractivity contribution in [2.75, 3.05) is 5.32 Å². The first-order valence-corrected chi connectivity index (χ1v) is 7.32. The van der Waals surface area contributed by atoms with Gasteiger partial charge < -0.3 is 5.32 Å². The molecule has 2 heterocycles. The summed E-state index contributed by atoms with van der Waals surface area (Å²) < 4.78 is 37.2. The van der Waals surface area contributed by atoms with Crippen molar-refractivity contribution in [2.45, 2.75) is 19.4 Å². The maximum absolute atomic E-state index is 13.3. The van der Waals surface area contributed by atoms with E-state index < -0.39 is 17.5 Å². The molecule has 0 amide bonds. The number of rotatable bonds is 0. The molecular weight excluding hydrogens is 319 g/mol. The van der Waals surface area contributed by atoms with Crippen molar-refractivity contribution in [1.29, 1.82) is 0 Å². The number of halogens is 3.